The van der Waals surface area contributed by atoms with Crippen LogP contribution in [-0.2, 0) is 14.3 Å². The summed E-state index contributed by atoms with van der Waals surface area (Å²) in [5, 5.41) is 3.23. The second-order valence-corrected chi connectivity index (χ2v) is 7.23. The molecule has 3 atom stereocenters. The highest BCUT2D eigenvalue weighted by molar-refractivity contribution is 6.43. The van der Waals surface area contributed by atoms with Crippen LogP contribution < -0.4 is 5.32 Å². The second kappa shape index (κ2) is 7.10. The van der Waals surface area contributed by atoms with Gasteiger partial charge in [-0.05, 0) is 49.1 Å². The Bertz CT molecular complexity index is 620. The maximum Gasteiger partial charge on any atom is 0.306 e. The number of esters is 1. The number of fused-ring (bicyclic) bond motifs is 2. The molecule has 0 aromatic heterocycles. The highest BCUT2D eigenvalue weighted by atomic mass is 35.5. The number of halogens is 2. The molecule has 0 unspecified atom stereocenters. The van der Waals surface area contributed by atoms with E-state index in [2.05, 4.69) is 5.32 Å². The number of rotatable bonds is 5. The Labute approximate surface area is 145 Å². The average molecular weight is 356 g/mol. The quantitative estimate of drug-likeness (QED) is 0.801. The van der Waals surface area contributed by atoms with Gasteiger partial charge in [-0.3, -0.25) is 9.59 Å². The molecule has 2 aliphatic rings. The van der Waals surface area contributed by atoms with E-state index in [0.717, 1.165) is 12.3 Å². The number of ether oxygens (including phenoxy) is 1. The Morgan fingerprint density at radius 3 is 2.74 bits per heavy atom. The Morgan fingerprint density at radius 1 is 1.22 bits per heavy atom. The number of nitrogens with one attached hydrogen (secondary N) is 1. The van der Waals surface area contributed by atoms with E-state index in [4.69, 9.17) is 27.9 Å². The Hall–Kier alpha value is -1.26. The lowest BCUT2D eigenvalue weighted by Gasteiger charge is -2.20. The van der Waals surface area contributed by atoms with Crippen LogP contribution in [0.4, 0.5) is 5.69 Å². The van der Waals surface area contributed by atoms with Crippen LogP contribution in [0.3, 0.4) is 0 Å². The van der Waals surface area contributed by atoms with Crippen molar-refractivity contribution in [3.8, 4) is 0 Å². The van der Waals surface area contributed by atoms with Crippen LogP contribution in [0.25, 0.3) is 0 Å². The van der Waals surface area contributed by atoms with Gasteiger partial charge < -0.3 is 10.1 Å². The monoisotopic (exact) mass is 355 g/mol. The second-order valence-electron chi connectivity index (χ2n) is 6.45. The molecule has 1 N–H and O–H groups in total. The molecule has 0 heterocycles. The molecule has 2 fully saturated rings. The average Bonchev–Trinajstić information content (AvgIpc) is 3.12. The third-order valence-electron chi connectivity index (χ3n) is 4.90. The van der Waals surface area contributed by atoms with Gasteiger partial charge in [-0.15, -0.1) is 0 Å². The van der Waals surface area contributed by atoms with Crippen LogP contribution in [0.5, 0.6) is 0 Å². The zero-order chi connectivity index (χ0) is 16.4. The summed E-state index contributed by atoms with van der Waals surface area (Å²) in [6.45, 7) is -0.303. The van der Waals surface area contributed by atoms with E-state index in [1.54, 1.807) is 18.2 Å². The van der Waals surface area contributed by atoms with Crippen molar-refractivity contribution in [1.82, 2.24) is 0 Å². The molecule has 2 saturated carbocycles. The fourth-order valence-corrected chi connectivity index (χ4v) is 4.18. The highest BCUT2D eigenvalue weighted by Gasteiger charge is 2.40. The summed E-state index contributed by atoms with van der Waals surface area (Å²) in [6.07, 6.45) is 5.34. The van der Waals surface area contributed by atoms with Crippen LogP contribution in [-0.4, -0.2) is 18.5 Å². The normalized spacial score (nSPS) is 25.4. The first-order chi connectivity index (χ1) is 11.0. The van der Waals surface area contributed by atoms with Crippen molar-refractivity contribution in [2.45, 2.75) is 32.1 Å². The van der Waals surface area contributed by atoms with E-state index in [-0.39, 0.29) is 17.6 Å². The fourth-order valence-electron chi connectivity index (χ4n) is 3.83. The molecule has 0 radical (unpaired) electrons. The predicted molar refractivity (Wildman–Crippen MR) is 89.6 cm³/mol. The molecule has 0 saturated heterocycles. The summed E-state index contributed by atoms with van der Waals surface area (Å²) >= 11 is 11.9. The van der Waals surface area contributed by atoms with Crippen molar-refractivity contribution in [1.29, 1.82) is 0 Å². The van der Waals surface area contributed by atoms with Crippen molar-refractivity contribution in [3.05, 3.63) is 28.2 Å². The first-order valence-corrected chi connectivity index (χ1v) is 8.68. The van der Waals surface area contributed by atoms with E-state index in [1.807, 2.05) is 0 Å². The minimum Gasteiger partial charge on any atom is -0.456 e. The highest BCUT2D eigenvalue weighted by Crippen LogP contribution is 2.49. The van der Waals surface area contributed by atoms with E-state index in [1.165, 1.54) is 19.3 Å². The van der Waals surface area contributed by atoms with Gasteiger partial charge in [0.2, 0.25) is 0 Å². The van der Waals surface area contributed by atoms with Crippen LogP contribution in [0.2, 0.25) is 10.0 Å². The molecule has 2 bridgehead atoms. The maximum atomic E-state index is 11.9. The Kier molecular flexibility index (Phi) is 5.12. The molecule has 6 heteroatoms. The SMILES string of the molecule is O=C(COC(=O)C[C@@H]1C[C@@H]2CC[C@H]1C2)Nc1cccc(Cl)c1Cl. The van der Waals surface area contributed by atoms with E-state index >= 15 is 0 Å². The molecule has 23 heavy (non-hydrogen) atoms. The van der Waals surface area contributed by atoms with Crippen molar-refractivity contribution < 1.29 is 14.3 Å². The summed E-state index contributed by atoms with van der Waals surface area (Å²) in [7, 11) is 0. The lowest BCUT2D eigenvalue weighted by molar-refractivity contribution is -0.148. The number of benzene rings is 1. The van der Waals surface area contributed by atoms with Crippen molar-refractivity contribution in [2.24, 2.45) is 17.8 Å². The first-order valence-electron chi connectivity index (χ1n) is 7.92. The van der Waals surface area contributed by atoms with Gasteiger partial charge in [0.25, 0.3) is 5.91 Å². The lowest BCUT2D eigenvalue weighted by atomic mass is 9.86. The summed E-state index contributed by atoms with van der Waals surface area (Å²) in [5.74, 6) is 1.19. The molecular weight excluding hydrogens is 337 g/mol. The van der Waals surface area contributed by atoms with E-state index < -0.39 is 5.91 Å². The van der Waals surface area contributed by atoms with Gasteiger partial charge in [-0.2, -0.15) is 0 Å². The molecule has 2 aliphatic carbocycles. The van der Waals surface area contributed by atoms with Gasteiger partial charge in [-0.25, -0.2) is 0 Å². The molecule has 1 amide bonds. The number of anilines is 1. The zero-order valence-corrected chi connectivity index (χ0v) is 14.2. The topological polar surface area (TPSA) is 55.4 Å². The molecule has 0 aliphatic heterocycles. The minimum atomic E-state index is -0.421. The van der Waals surface area contributed by atoms with Crippen LogP contribution in [0.15, 0.2) is 18.2 Å². The van der Waals surface area contributed by atoms with Gasteiger partial charge in [-0.1, -0.05) is 35.7 Å². The van der Waals surface area contributed by atoms with Gasteiger partial charge in [0, 0.05) is 6.42 Å². The van der Waals surface area contributed by atoms with Crippen molar-refractivity contribution in [2.75, 3.05) is 11.9 Å². The van der Waals surface area contributed by atoms with Crippen molar-refractivity contribution >= 4 is 40.8 Å². The molecular formula is C17H19Cl2NO3. The van der Waals surface area contributed by atoms with Gasteiger partial charge in [0.15, 0.2) is 6.61 Å². The van der Waals surface area contributed by atoms with Gasteiger partial charge in [0.1, 0.15) is 0 Å². The van der Waals surface area contributed by atoms with Crippen LogP contribution in [0, 0.1) is 17.8 Å². The van der Waals surface area contributed by atoms with Gasteiger partial charge in [0.05, 0.1) is 15.7 Å². The summed E-state index contributed by atoms with van der Waals surface area (Å²) in [4.78, 5) is 23.8. The third kappa shape index (κ3) is 3.99. The summed E-state index contributed by atoms with van der Waals surface area (Å²) < 4.78 is 5.09. The Balaban J connectivity index is 1.43. The zero-order valence-electron chi connectivity index (χ0n) is 12.7. The molecule has 1 aromatic rings. The van der Waals surface area contributed by atoms with Crippen LogP contribution >= 0.6 is 23.2 Å². The molecule has 124 valence electrons. The third-order valence-corrected chi connectivity index (χ3v) is 5.72. The van der Waals surface area contributed by atoms with E-state index in [9.17, 15) is 9.59 Å². The van der Waals surface area contributed by atoms with Gasteiger partial charge >= 0.3 is 5.97 Å². The summed E-state index contributed by atoms with van der Waals surface area (Å²) in [5.41, 5.74) is 0.410. The number of hydrogen-bond donors (Lipinski definition) is 1. The Morgan fingerprint density at radius 2 is 2.04 bits per heavy atom. The first kappa shape index (κ1) is 16.6. The smallest absolute Gasteiger partial charge is 0.306 e. The molecule has 0 spiro atoms. The number of hydrogen-bond acceptors (Lipinski definition) is 3. The largest absolute Gasteiger partial charge is 0.456 e. The van der Waals surface area contributed by atoms with E-state index in [0.29, 0.717) is 29.0 Å². The minimum absolute atomic E-state index is 0.274. The number of amides is 1. The predicted octanol–water partition coefficient (Wildman–Crippen LogP) is 4.30. The summed E-state index contributed by atoms with van der Waals surface area (Å²) in [6, 6.07) is 4.96. The molecule has 1 aromatic carbocycles. The molecule has 3 rings (SSSR count). The fraction of sp³-hybridized carbons (Fsp3) is 0.529. The van der Waals surface area contributed by atoms with Crippen molar-refractivity contribution in [3.63, 3.8) is 0 Å². The number of carbonyl (C=O) groups is 2. The standard InChI is InChI=1S/C17H19Cl2NO3/c18-13-2-1-3-14(17(13)19)20-15(21)9-23-16(22)8-12-7-10-4-5-11(12)6-10/h1-3,10-12H,4-9H2,(H,20,21)/t10-,11+,12+/m1/s1. The maximum absolute atomic E-state index is 11.9. The number of carbonyl (C=O) groups excluding carboxylic acids is 2. The lowest BCUT2D eigenvalue weighted by Crippen LogP contribution is -2.23. The molecule has 4 nitrogen and oxygen atoms in total. The van der Waals surface area contributed by atoms with Crippen LogP contribution in [0.1, 0.15) is 32.1 Å².